The van der Waals surface area contributed by atoms with Crippen molar-refractivity contribution < 1.29 is 4.74 Å². The van der Waals surface area contributed by atoms with Crippen LogP contribution in [0.1, 0.15) is 20.3 Å². The quantitative estimate of drug-likeness (QED) is 0.673. The van der Waals surface area contributed by atoms with Crippen LogP contribution in [0.4, 0.5) is 0 Å². The highest BCUT2D eigenvalue weighted by Crippen LogP contribution is 2.35. The Balaban J connectivity index is 2.44. The summed E-state index contributed by atoms with van der Waals surface area (Å²) < 4.78 is 5.61. The normalized spacial score (nSPS) is 11.0. The van der Waals surface area contributed by atoms with Gasteiger partial charge in [-0.1, -0.05) is 48.7 Å². The summed E-state index contributed by atoms with van der Waals surface area (Å²) in [5, 5.41) is 1.42. The third-order valence-corrected chi connectivity index (χ3v) is 3.50. The zero-order valence-electron chi connectivity index (χ0n) is 10.7. The SMILES string of the molecule is CCN(CC)CCCOc1c(Cl)cc(Cl)cc1Cl. The van der Waals surface area contributed by atoms with Crippen molar-refractivity contribution in [2.45, 2.75) is 20.3 Å². The molecule has 0 heterocycles. The van der Waals surface area contributed by atoms with E-state index in [0.717, 1.165) is 26.1 Å². The Morgan fingerprint density at radius 1 is 1.06 bits per heavy atom. The second-order valence-corrected chi connectivity index (χ2v) is 5.18. The second-order valence-electron chi connectivity index (χ2n) is 3.93. The summed E-state index contributed by atoms with van der Waals surface area (Å²) in [6, 6.07) is 3.27. The monoisotopic (exact) mass is 309 g/mol. The first-order valence-electron chi connectivity index (χ1n) is 6.08. The number of rotatable bonds is 7. The standard InChI is InChI=1S/C13H18Cl3NO/c1-3-17(4-2)6-5-7-18-13-11(15)8-10(14)9-12(13)16/h8-9H,3-7H2,1-2H3. The van der Waals surface area contributed by atoms with Gasteiger partial charge in [-0.25, -0.2) is 0 Å². The average molecular weight is 311 g/mol. The van der Waals surface area contributed by atoms with Crippen LogP contribution in [0.3, 0.4) is 0 Å². The first-order valence-corrected chi connectivity index (χ1v) is 7.21. The highest BCUT2D eigenvalue weighted by atomic mass is 35.5. The smallest absolute Gasteiger partial charge is 0.156 e. The molecule has 0 aromatic heterocycles. The molecule has 18 heavy (non-hydrogen) atoms. The second kappa shape index (κ2) is 8.11. The predicted octanol–water partition coefficient (Wildman–Crippen LogP) is 4.76. The molecule has 0 radical (unpaired) electrons. The maximum atomic E-state index is 6.03. The fourth-order valence-corrected chi connectivity index (χ4v) is 2.60. The van der Waals surface area contributed by atoms with Gasteiger partial charge in [0.05, 0.1) is 16.7 Å². The van der Waals surface area contributed by atoms with Crippen LogP contribution in [-0.4, -0.2) is 31.1 Å². The molecule has 0 atom stereocenters. The number of hydrogen-bond acceptors (Lipinski definition) is 2. The van der Waals surface area contributed by atoms with Gasteiger partial charge >= 0.3 is 0 Å². The van der Waals surface area contributed by atoms with Crippen LogP contribution in [0, 0.1) is 0 Å². The molecule has 0 N–H and O–H groups in total. The Bertz CT molecular complexity index is 357. The van der Waals surface area contributed by atoms with Crippen molar-refractivity contribution in [3.8, 4) is 5.75 Å². The molecule has 0 saturated heterocycles. The van der Waals surface area contributed by atoms with Gasteiger partial charge in [-0.2, -0.15) is 0 Å². The number of halogens is 3. The molecule has 0 aliphatic rings. The summed E-state index contributed by atoms with van der Waals surface area (Å²) in [6.45, 7) is 8.01. The van der Waals surface area contributed by atoms with Crippen molar-refractivity contribution in [2.75, 3.05) is 26.2 Å². The number of benzene rings is 1. The Hall–Kier alpha value is -0.150. The minimum Gasteiger partial charge on any atom is -0.490 e. The Morgan fingerprint density at radius 3 is 2.11 bits per heavy atom. The van der Waals surface area contributed by atoms with Crippen molar-refractivity contribution >= 4 is 34.8 Å². The molecule has 5 heteroatoms. The van der Waals surface area contributed by atoms with E-state index in [0.29, 0.717) is 27.4 Å². The summed E-state index contributed by atoms with van der Waals surface area (Å²) in [7, 11) is 0. The zero-order chi connectivity index (χ0) is 13.5. The molecule has 102 valence electrons. The van der Waals surface area contributed by atoms with E-state index in [9.17, 15) is 0 Å². The zero-order valence-corrected chi connectivity index (χ0v) is 12.9. The van der Waals surface area contributed by atoms with Crippen molar-refractivity contribution in [3.63, 3.8) is 0 Å². The van der Waals surface area contributed by atoms with Crippen LogP contribution >= 0.6 is 34.8 Å². The first-order chi connectivity index (χ1) is 8.58. The van der Waals surface area contributed by atoms with Crippen molar-refractivity contribution in [2.24, 2.45) is 0 Å². The predicted molar refractivity (Wildman–Crippen MR) is 79.4 cm³/mol. The Labute approximate surface area is 124 Å². The highest BCUT2D eigenvalue weighted by molar-refractivity contribution is 6.40. The average Bonchev–Trinajstić information content (AvgIpc) is 2.32. The lowest BCUT2D eigenvalue weighted by atomic mass is 10.3. The molecule has 1 aromatic rings. The summed E-state index contributed by atoms with van der Waals surface area (Å²) in [5.41, 5.74) is 0. The lowest BCUT2D eigenvalue weighted by Gasteiger charge is -2.18. The van der Waals surface area contributed by atoms with E-state index in [1.807, 2.05) is 0 Å². The lowest BCUT2D eigenvalue weighted by Crippen LogP contribution is -2.25. The third kappa shape index (κ3) is 4.85. The molecule has 0 unspecified atom stereocenters. The number of ether oxygens (including phenoxy) is 1. The van der Waals surface area contributed by atoms with Crippen LogP contribution in [0.25, 0.3) is 0 Å². The van der Waals surface area contributed by atoms with Crippen LogP contribution in [0.15, 0.2) is 12.1 Å². The largest absolute Gasteiger partial charge is 0.490 e. The minimum absolute atomic E-state index is 0.454. The van der Waals surface area contributed by atoms with Crippen LogP contribution in [-0.2, 0) is 0 Å². The molecule has 0 aliphatic carbocycles. The lowest BCUT2D eigenvalue weighted by molar-refractivity contribution is 0.249. The number of hydrogen-bond donors (Lipinski definition) is 0. The molecule has 0 saturated carbocycles. The van der Waals surface area contributed by atoms with Gasteiger partial charge in [-0.05, 0) is 31.6 Å². The van der Waals surface area contributed by atoms with Gasteiger partial charge in [0.15, 0.2) is 5.75 Å². The van der Waals surface area contributed by atoms with Gasteiger partial charge < -0.3 is 9.64 Å². The summed E-state index contributed by atoms with van der Waals surface area (Å²) >= 11 is 17.9. The molecular weight excluding hydrogens is 293 g/mol. The maximum absolute atomic E-state index is 6.03. The fourth-order valence-electron chi connectivity index (χ4n) is 1.67. The van der Waals surface area contributed by atoms with Crippen LogP contribution in [0.5, 0.6) is 5.75 Å². The Morgan fingerprint density at radius 2 is 1.61 bits per heavy atom. The Kier molecular flexibility index (Phi) is 7.16. The van der Waals surface area contributed by atoms with E-state index in [4.69, 9.17) is 39.5 Å². The van der Waals surface area contributed by atoms with E-state index < -0.39 is 0 Å². The maximum Gasteiger partial charge on any atom is 0.156 e. The third-order valence-electron chi connectivity index (χ3n) is 2.72. The van der Waals surface area contributed by atoms with Gasteiger partial charge in [0.25, 0.3) is 0 Å². The van der Waals surface area contributed by atoms with Crippen molar-refractivity contribution in [3.05, 3.63) is 27.2 Å². The summed E-state index contributed by atoms with van der Waals surface area (Å²) in [6.07, 6.45) is 0.941. The molecular formula is C13H18Cl3NO. The van der Waals surface area contributed by atoms with Gasteiger partial charge in [-0.15, -0.1) is 0 Å². The van der Waals surface area contributed by atoms with E-state index in [1.54, 1.807) is 12.1 Å². The molecule has 1 aromatic carbocycles. The van der Waals surface area contributed by atoms with Crippen molar-refractivity contribution in [1.82, 2.24) is 4.90 Å². The van der Waals surface area contributed by atoms with Crippen molar-refractivity contribution in [1.29, 1.82) is 0 Å². The van der Waals surface area contributed by atoms with E-state index in [2.05, 4.69) is 18.7 Å². The van der Waals surface area contributed by atoms with Crippen LogP contribution in [0.2, 0.25) is 15.1 Å². The van der Waals surface area contributed by atoms with E-state index in [1.165, 1.54) is 0 Å². The highest BCUT2D eigenvalue weighted by Gasteiger charge is 2.09. The first kappa shape index (κ1) is 15.9. The van der Waals surface area contributed by atoms with Crippen LogP contribution < -0.4 is 4.74 Å². The van der Waals surface area contributed by atoms with E-state index in [-0.39, 0.29) is 0 Å². The van der Waals surface area contributed by atoms with Gasteiger partial charge in [0, 0.05) is 11.6 Å². The van der Waals surface area contributed by atoms with E-state index >= 15 is 0 Å². The molecule has 0 fully saturated rings. The van der Waals surface area contributed by atoms with Gasteiger partial charge in [-0.3, -0.25) is 0 Å². The molecule has 0 amide bonds. The fraction of sp³-hybridized carbons (Fsp3) is 0.538. The summed E-state index contributed by atoms with van der Waals surface area (Å²) in [4.78, 5) is 2.34. The molecule has 1 rings (SSSR count). The molecule has 0 aliphatic heterocycles. The summed E-state index contributed by atoms with van der Waals surface area (Å²) in [5.74, 6) is 0.516. The topological polar surface area (TPSA) is 12.5 Å². The molecule has 0 spiro atoms. The number of nitrogens with zero attached hydrogens (tertiary/aromatic N) is 1. The van der Waals surface area contributed by atoms with Gasteiger partial charge in [0.2, 0.25) is 0 Å². The minimum atomic E-state index is 0.454. The molecule has 0 bridgehead atoms. The molecule has 2 nitrogen and oxygen atoms in total. The van der Waals surface area contributed by atoms with Gasteiger partial charge in [0.1, 0.15) is 0 Å².